The molecule has 0 radical (unpaired) electrons. The minimum absolute atomic E-state index is 0.243. The number of hydrogen-bond acceptors (Lipinski definition) is 2. The molecule has 0 spiro atoms. The normalized spacial score (nSPS) is 10.3. The third-order valence-electron chi connectivity index (χ3n) is 2.29. The number of hydrogen-bond donors (Lipinski definition) is 1. The van der Waals surface area contributed by atoms with Crippen LogP contribution in [-0.2, 0) is 0 Å². The highest BCUT2D eigenvalue weighted by molar-refractivity contribution is 7.20. The number of rotatable bonds is 2. The Morgan fingerprint density at radius 2 is 2.00 bits per heavy atom. The fraction of sp³-hybridized carbons (Fsp3) is 0.0833. The van der Waals surface area contributed by atoms with Gasteiger partial charge in [0, 0.05) is 5.69 Å². The van der Waals surface area contributed by atoms with E-state index in [0.717, 1.165) is 11.3 Å². The van der Waals surface area contributed by atoms with Crippen LogP contribution in [0.4, 0.5) is 5.69 Å². The summed E-state index contributed by atoms with van der Waals surface area (Å²) in [5.74, 6) is -0.243. The van der Waals surface area contributed by atoms with Crippen LogP contribution in [0.15, 0.2) is 30.3 Å². The molecule has 88 valence electrons. The fourth-order valence-corrected chi connectivity index (χ4v) is 2.86. The summed E-state index contributed by atoms with van der Waals surface area (Å²) >= 11 is 12.9. The molecule has 1 aromatic heterocycles. The first-order valence-electron chi connectivity index (χ1n) is 4.90. The van der Waals surface area contributed by atoms with E-state index in [0.29, 0.717) is 14.2 Å². The molecule has 1 aromatic carbocycles. The molecule has 1 N–H and O–H groups in total. The van der Waals surface area contributed by atoms with Crippen LogP contribution in [-0.4, -0.2) is 5.91 Å². The summed E-state index contributed by atoms with van der Waals surface area (Å²) in [4.78, 5) is 12.0. The van der Waals surface area contributed by atoms with E-state index in [9.17, 15) is 4.79 Å². The number of halogens is 2. The van der Waals surface area contributed by atoms with Crippen LogP contribution in [0.3, 0.4) is 0 Å². The number of thiophene rings is 1. The van der Waals surface area contributed by atoms with Crippen LogP contribution < -0.4 is 5.32 Å². The Hall–Kier alpha value is -1.03. The van der Waals surface area contributed by atoms with Crippen molar-refractivity contribution in [2.45, 2.75) is 6.92 Å². The Labute approximate surface area is 113 Å². The van der Waals surface area contributed by atoms with Gasteiger partial charge in [-0.2, -0.15) is 0 Å². The van der Waals surface area contributed by atoms with E-state index in [1.807, 2.05) is 31.2 Å². The largest absolute Gasteiger partial charge is 0.322 e. The molecule has 0 aliphatic carbocycles. The van der Waals surface area contributed by atoms with Crippen LogP contribution in [0.5, 0.6) is 0 Å². The number of nitrogens with one attached hydrogen (secondary N) is 1. The molecule has 2 rings (SSSR count). The summed E-state index contributed by atoms with van der Waals surface area (Å²) in [6, 6.07) is 9.12. The average Bonchev–Trinajstić information content (AvgIpc) is 2.61. The molecule has 0 aliphatic rings. The topological polar surface area (TPSA) is 29.1 Å². The molecule has 0 saturated carbocycles. The van der Waals surface area contributed by atoms with Gasteiger partial charge in [-0.1, -0.05) is 41.4 Å². The van der Waals surface area contributed by atoms with Crippen LogP contribution in [0.1, 0.15) is 15.9 Å². The number of anilines is 1. The Balaban J connectivity index is 2.23. The lowest BCUT2D eigenvalue weighted by molar-refractivity contribution is 0.102. The van der Waals surface area contributed by atoms with E-state index in [2.05, 4.69) is 5.32 Å². The van der Waals surface area contributed by atoms with Crippen molar-refractivity contribution in [3.8, 4) is 0 Å². The SMILES string of the molecule is Cc1ccccc1NC(=O)c1cc(Cl)sc1Cl. The Kier molecular flexibility index (Phi) is 3.72. The third kappa shape index (κ3) is 2.80. The molecule has 0 bridgehead atoms. The van der Waals surface area contributed by atoms with E-state index < -0.39 is 0 Å². The molecule has 0 atom stereocenters. The minimum Gasteiger partial charge on any atom is -0.322 e. The molecule has 1 heterocycles. The van der Waals surface area contributed by atoms with Gasteiger partial charge in [0.05, 0.1) is 9.90 Å². The Morgan fingerprint density at radius 3 is 2.59 bits per heavy atom. The molecule has 0 fully saturated rings. The summed E-state index contributed by atoms with van der Waals surface area (Å²) < 4.78 is 0.908. The lowest BCUT2D eigenvalue weighted by Crippen LogP contribution is -2.12. The number of benzene rings is 1. The van der Waals surface area contributed by atoms with Crippen LogP contribution >= 0.6 is 34.5 Å². The summed E-state index contributed by atoms with van der Waals surface area (Å²) in [6.07, 6.45) is 0. The smallest absolute Gasteiger partial charge is 0.258 e. The number of amides is 1. The van der Waals surface area contributed by atoms with Crippen molar-refractivity contribution in [2.75, 3.05) is 5.32 Å². The van der Waals surface area contributed by atoms with E-state index in [1.165, 1.54) is 11.3 Å². The fourth-order valence-electron chi connectivity index (χ4n) is 1.40. The van der Waals surface area contributed by atoms with Gasteiger partial charge >= 0.3 is 0 Å². The van der Waals surface area contributed by atoms with Gasteiger partial charge in [0.25, 0.3) is 5.91 Å². The van der Waals surface area contributed by atoms with Gasteiger partial charge in [0.1, 0.15) is 4.34 Å². The third-order valence-corrected chi connectivity index (χ3v) is 3.78. The predicted molar refractivity (Wildman–Crippen MR) is 73.5 cm³/mol. The van der Waals surface area contributed by atoms with Crippen molar-refractivity contribution in [1.82, 2.24) is 0 Å². The summed E-state index contributed by atoms with van der Waals surface area (Å²) in [7, 11) is 0. The highest BCUT2D eigenvalue weighted by Gasteiger charge is 2.14. The molecule has 2 aromatic rings. The lowest BCUT2D eigenvalue weighted by atomic mass is 10.2. The first-order valence-corrected chi connectivity index (χ1v) is 6.47. The van der Waals surface area contributed by atoms with Crippen molar-refractivity contribution >= 4 is 46.1 Å². The summed E-state index contributed by atoms with van der Waals surface area (Å²) in [5.41, 5.74) is 2.18. The van der Waals surface area contributed by atoms with E-state index in [1.54, 1.807) is 6.07 Å². The zero-order chi connectivity index (χ0) is 12.4. The molecule has 2 nitrogen and oxygen atoms in total. The number of carbonyl (C=O) groups is 1. The zero-order valence-electron chi connectivity index (χ0n) is 8.96. The number of carbonyl (C=O) groups excluding carboxylic acids is 1. The van der Waals surface area contributed by atoms with Crippen LogP contribution in [0, 0.1) is 6.92 Å². The van der Waals surface area contributed by atoms with Gasteiger partial charge < -0.3 is 5.32 Å². The van der Waals surface area contributed by atoms with Gasteiger partial charge in [-0.25, -0.2) is 0 Å². The second-order valence-corrected chi connectivity index (χ2v) is 5.79. The maximum absolute atomic E-state index is 12.0. The Bertz CT molecular complexity index is 565. The minimum atomic E-state index is -0.243. The first-order chi connectivity index (χ1) is 8.08. The van der Waals surface area contributed by atoms with Gasteiger partial charge in [-0.3, -0.25) is 4.79 Å². The van der Waals surface area contributed by atoms with E-state index >= 15 is 0 Å². The molecule has 0 unspecified atom stereocenters. The van der Waals surface area contributed by atoms with Crippen LogP contribution in [0.2, 0.25) is 8.67 Å². The highest BCUT2D eigenvalue weighted by Crippen LogP contribution is 2.31. The first kappa shape index (κ1) is 12.4. The molecule has 17 heavy (non-hydrogen) atoms. The lowest BCUT2D eigenvalue weighted by Gasteiger charge is -2.06. The van der Waals surface area contributed by atoms with Crippen LogP contribution in [0.25, 0.3) is 0 Å². The van der Waals surface area contributed by atoms with Gasteiger partial charge in [-0.15, -0.1) is 11.3 Å². The number of para-hydroxylation sites is 1. The maximum atomic E-state index is 12.0. The van der Waals surface area contributed by atoms with E-state index in [-0.39, 0.29) is 5.91 Å². The molecule has 5 heteroatoms. The van der Waals surface area contributed by atoms with Gasteiger partial charge in [-0.05, 0) is 24.6 Å². The zero-order valence-corrected chi connectivity index (χ0v) is 11.3. The van der Waals surface area contributed by atoms with Gasteiger partial charge in [0.15, 0.2) is 0 Å². The van der Waals surface area contributed by atoms with Gasteiger partial charge in [0.2, 0.25) is 0 Å². The van der Waals surface area contributed by atoms with Crippen molar-refractivity contribution in [3.05, 3.63) is 50.1 Å². The second kappa shape index (κ2) is 5.08. The standard InChI is InChI=1S/C12H9Cl2NOS/c1-7-4-2-3-5-9(7)15-12(16)8-6-10(13)17-11(8)14/h2-6H,1H3,(H,15,16). The maximum Gasteiger partial charge on any atom is 0.258 e. The molecule has 1 amide bonds. The highest BCUT2D eigenvalue weighted by atomic mass is 35.5. The molecule has 0 aliphatic heterocycles. The average molecular weight is 286 g/mol. The Morgan fingerprint density at radius 1 is 1.29 bits per heavy atom. The van der Waals surface area contributed by atoms with Crippen molar-refractivity contribution in [3.63, 3.8) is 0 Å². The summed E-state index contributed by atoms with van der Waals surface area (Å²) in [5, 5.41) is 2.81. The second-order valence-electron chi connectivity index (χ2n) is 3.51. The number of aryl methyl sites for hydroxylation is 1. The molecule has 0 saturated heterocycles. The van der Waals surface area contributed by atoms with Crippen molar-refractivity contribution < 1.29 is 4.79 Å². The van der Waals surface area contributed by atoms with Crippen molar-refractivity contribution in [2.24, 2.45) is 0 Å². The quantitative estimate of drug-likeness (QED) is 0.857. The molecular weight excluding hydrogens is 277 g/mol. The summed E-state index contributed by atoms with van der Waals surface area (Å²) in [6.45, 7) is 1.93. The van der Waals surface area contributed by atoms with E-state index in [4.69, 9.17) is 23.2 Å². The molecular formula is C12H9Cl2NOS. The predicted octanol–water partition coefficient (Wildman–Crippen LogP) is 4.62. The monoisotopic (exact) mass is 285 g/mol. The van der Waals surface area contributed by atoms with Crippen molar-refractivity contribution in [1.29, 1.82) is 0 Å².